The van der Waals surface area contributed by atoms with Crippen LogP contribution in [0, 0.1) is 5.92 Å². The van der Waals surface area contributed by atoms with Crippen LogP contribution in [0.25, 0.3) is 11.4 Å². The Balaban J connectivity index is 1.70. The predicted octanol–water partition coefficient (Wildman–Crippen LogP) is 2.13. The summed E-state index contributed by atoms with van der Waals surface area (Å²) in [6.45, 7) is -2.61. The standard InChI is InChI=1S/C21H23N7O5/c1-22-21(30)17-14(9-15(26-27-17)24-20(29)11-7-8-11)23-13-6-4-5-12(18(13)32-3)19-25-16(10-31-2)33-28-19/h4-6,9,11H,7-8,10H2,1-3H3,(H,22,30)(H2,23,24,26,29)/i1D3. The molecule has 33 heavy (non-hydrogen) atoms. The highest BCUT2D eigenvalue weighted by molar-refractivity contribution is 6.00. The molecule has 2 heterocycles. The lowest BCUT2D eigenvalue weighted by atomic mass is 10.1. The predicted molar refractivity (Wildman–Crippen MR) is 117 cm³/mol. The minimum Gasteiger partial charge on any atom is -0.494 e. The van der Waals surface area contributed by atoms with Gasteiger partial charge in [0.2, 0.25) is 11.7 Å². The maximum absolute atomic E-state index is 12.7. The van der Waals surface area contributed by atoms with Crippen LogP contribution < -0.4 is 20.7 Å². The van der Waals surface area contributed by atoms with E-state index in [9.17, 15) is 9.59 Å². The van der Waals surface area contributed by atoms with Crippen LogP contribution in [-0.2, 0) is 16.1 Å². The molecule has 0 radical (unpaired) electrons. The van der Waals surface area contributed by atoms with Crippen molar-refractivity contribution >= 4 is 29.0 Å². The van der Waals surface area contributed by atoms with Gasteiger partial charge in [-0.15, -0.1) is 10.2 Å². The number of amides is 2. The van der Waals surface area contributed by atoms with Gasteiger partial charge >= 0.3 is 0 Å². The summed E-state index contributed by atoms with van der Waals surface area (Å²) in [4.78, 5) is 29.1. The molecule has 172 valence electrons. The van der Waals surface area contributed by atoms with E-state index in [-0.39, 0.29) is 47.3 Å². The van der Waals surface area contributed by atoms with Gasteiger partial charge in [0.15, 0.2) is 17.3 Å². The van der Waals surface area contributed by atoms with E-state index in [4.69, 9.17) is 18.1 Å². The first-order chi connectivity index (χ1) is 17.2. The number of methoxy groups -OCH3 is 2. The fourth-order valence-corrected chi connectivity index (χ4v) is 3.07. The van der Waals surface area contributed by atoms with Crippen LogP contribution in [-0.4, -0.2) is 53.3 Å². The summed E-state index contributed by atoms with van der Waals surface area (Å²) in [5.41, 5.74) is 0.640. The third kappa shape index (κ3) is 4.90. The van der Waals surface area contributed by atoms with E-state index in [2.05, 4.69) is 31.0 Å². The molecule has 1 aromatic carbocycles. The van der Waals surface area contributed by atoms with E-state index in [0.29, 0.717) is 17.0 Å². The van der Waals surface area contributed by atoms with Gasteiger partial charge in [-0.05, 0) is 25.0 Å². The number of ether oxygens (including phenoxy) is 2. The van der Waals surface area contributed by atoms with Crippen molar-refractivity contribution in [1.29, 1.82) is 0 Å². The first-order valence-electron chi connectivity index (χ1n) is 11.5. The molecule has 12 heteroatoms. The summed E-state index contributed by atoms with van der Waals surface area (Å²) in [6.07, 6.45) is 1.57. The molecule has 3 aromatic rings. The quantitative estimate of drug-likeness (QED) is 0.436. The summed E-state index contributed by atoms with van der Waals surface area (Å²) in [5.74, 6) is -0.362. The SMILES string of the molecule is [2H]C([2H])([2H])NC(=O)c1nnc(NC(=O)C2CC2)cc1Nc1cccc(-c2noc(COC)n2)c1OC. The molecule has 1 fully saturated rings. The second kappa shape index (κ2) is 9.61. The van der Waals surface area contributed by atoms with Gasteiger partial charge in [-0.2, -0.15) is 4.98 Å². The molecule has 4 rings (SSSR count). The lowest BCUT2D eigenvalue weighted by molar-refractivity contribution is -0.117. The minimum atomic E-state index is -2.75. The van der Waals surface area contributed by atoms with Gasteiger partial charge in [-0.25, -0.2) is 0 Å². The topological polar surface area (TPSA) is 153 Å². The Morgan fingerprint density at radius 2 is 2.09 bits per heavy atom. The molecule has 0 saturated heterocycles. The van der Waals surface area contributed by atoms with Crippen molar-refractivity contribution in [2.45, 2.75) is 19.4 Å². The van der Waals surface area contributed by atoms with Gasteiger partial charge in [-0.1, -0.05) is 11.2 Å². The Hall–Kier alpha value is -4.06. The molecule has 1 saturated carbocycles. The highest BCUT2D eigenvalue weighted by Gasteiger charge is 2.30. The number of hydrogen-bond acceptors (Lipinski definition) is 10. The Morgan fingerprint density at radius 3 is 2.82 bits per heavy atom. The van der Waals surface area contributed by atoms with Crippen LogP contribution in [0.3, 0.4) is 0 Å². The maximum Gasteiger partial charge on any atom is 0.273 e. The monoisotopic (exact) mass is 456 g/mol. The van der Waals surface area contributed by atoms with Crippen LogP contribution in [0.5, 0.6) is 5.75 Å². The molecule has 3 N–H and O–H groups in total. The van der Waals surface area contributed by atoms with E-state index in [1.165, 1.54) is 20.3 Å². The Morgan fingerprint density at radius 1 is 1.24 bits per heavy atom. The van der Waals surface area contributed by atoms with Crippen molar-refractivity contribution in [2.75, 3.05) is 31.8 Å². The zero-order valence-electron chi connectivity index (χ0n) is 20.8. The molecular weight excluding hydrogens is 430 g/mol. The van der Waals surface area contributed by atoms with E-state index in [1.807, 2.05) is 5.32 Å². The lowest BCUT2D eigenvalue weighted by Gasteiger charge is -2.16. The van der Waals surface area contributed by atoms with E-state index in [0.717, 1.165) is 12.8 Å². The average Bonchev–Trinajstić information content (AvgIpc) is 3.57. The number of para-hydroxylation sites is 1. The van der Waals surface area contributed by atoms with Crippen molar-refractivity contribution < 1.29 is 27.7 Å². The van der Waals surface area contributed by atoms with Crippen molar-refractivity contribution in [3.8, 4) is 17.1 Å². The number of carbonyl (C=O) groups is 2. The number of aromatic nitrogens is 4. The van der Waals surface area contributed by atoms with Crippen LogP contribution in [0.4, 0.5) is 17.2 Å². The molecule has 0 atom stereocenters. The fourth-order valence-electron chi connectivity index (χ4n) is 3.07. The third-order valence-electron chi connectivity index (χ3n) is 4.79. The number of anilines is 3. The van der Waals surface area contributed by atoms with Gasteiger partial charge < -0.3 is 29.9 Å². The molecule has 0 unspecified atom stereocenters. The molecule has 12 nitrogen and oxygen atoms in total. The second-order valence-electron chi connectivity index (χ2n) is 7.17. The smallest absolute Gasteiger partial charge is 0.273 e. The molecule has 1 aliphatic rings. The summed E-state index contributed by atoms with van der Waals surface area (Å²) in [5, 5.41) is 19.2. The van der Waals surface area contributed by atoms with Gasteiger partial charge in [0.1, 0.15) is 6.61 Å². The molecule has 0 aliphatic heterocycles. The van der Waals surface area contributed by atoms with E-state index in [1.54, 1.807) is 18.2 Å². The number of nitrogens with one attached hydrogen (secondary N) is 3. The molecule has 2 amide bonds. The third-order valence-corrected chi connectivity index (χ3v) is 4.79. The number of benzene rings is 1. The number of rotatable bonds is 9. The van der Waals surface area contributed by atoms with Crippen molar-refractivity contribution in [3.63, 3.8) is 0 Å². The largest absolute Gasteiger partial charge is 0.494 e. The minimum absolute atomic E-state index is 0.0847. The average molecular weight is 456 g/mol. The number of nitrogens with zero attached hydrogens (tertiary/aromatic N) is 4. The normalized spacial score (nSPS) is 14.5. The highest BCUT2D eigenvalue weighted by Crippen LogP contribution is 2.37. The number of hydrogen-bond donors (Lipinski definition) is 3. The van der Waals surface area contributed by atoms with Gasteiger partial charge in [0, 0.05) is 30.2 Å². The highest BCUT2D eigenvalue weighted by atomic mass is 16.5. The van der Waals surface area contributed by atoms with Crippen LogP contribution in [0.15, 0.2) is 28.8 Å². The van der Waals surface area contributed by atoms with Crippen LogP contribution in [0.1, 0.15) is 33.3 Å². The van der Waals surface area contributed by atoms with Crippen LogP contribution in [0.2, 0.25) is 0 Å². The summed E-state index contributed by atoms with van der Waals surface area (Å²) in [6, 6.07) is 6.45. The Bertz CT molecular complexity index is 1280. The molecule has 0 spiro atoms. The maximum atomic E-state index is 12.7. The zero-order valence-corrected chi connectivity index (χ0v) is 17.8. The Labute approximate surface area is 193 Å². The zero-order chi connectivity index (χ0) is 25.9. The summed E-state index contributed by atoms with van der Waals surface area (Å²) < 4.78 is 37.7. The fraction of sp³-hybridized carbons (Fsp3) is 0.333. The van der Waals surface area contributed by atoms with Gasteiger partial charge in [-0.3, -0.25) is 9.59 Å². The first kappa shape index (κ1) is 18.5. The second-order valence-corrected chi connectivity index (χ2v) is 7.17. The summed E-state index contributed by atoms with van der Waals surface area (Å²) >= 11 is 0. The van der Waals surface area contributed by atoms with Gasteiger partial charge in [0.05, 0.1) is 24.0 Å². The van der Waals surface area contributed by atoms with Crippen molar-refractivity contribution in [1.82, 2.24) is 25.7 Å². The van der Waals surface area contributed by atoms with E-state index >= 15 is 0 Å². The molecular formula is C21H23N7O5. The summed E-state index contributed by atoms with van der Waals surface area (Å²) in [7, 11) is 2.94. The van der Waals surface area contributed by atoms with Gasteiger partial charge in [0.25, 0.3) is 11.8 Å². The van der Waals surface area contributed by atoms with Crippen molar-refractivity contribution in [3.05, 3.63) is 35.9 Å². The number of carbonyl (C=O) groups excluding carboxylic acids is 2. The van der Waals surface area contributed by atoms with Crippen molar-refractivity contribution in [2.24, 2.45) is 5.92 Å². The van der Waals surface area contributed by atoms with Crippen LogP contribution >= 0.6 is 0 Å². The Kier molecular flexibility index (Phi) is 5.39. The van der Waals surface area contributed by atoms with E-state index < -0.39 is 12.9 Å². The lowest BCUT2D eigenvalue weighted by Crippen LogP contribution is -2.22. The first-order valence-corrected chi connectivity index (χ1v) is 9.95. The molecule has 0 bridgehead atoms. The molecule has 1 aliphatic carbocycles. The molecule has 2 aromatic heterocycles.